The topological polar surface area (TPSA) is 97.2 Å². The van der Waals surface area contributed by atoms with Crippen LogP contribution in [-0.4, -0.2) is 90.4 Å². The molecule has 0 saturated heterocycles. The lowest BCUT2D eigenvalue weighted by Crippen LogP contribution is -2.29. The summed E-state index contributed by atoms with van der Waals surface area (Å²) in [6.07, 6.45) is 7.83. The van der Waals surface area contributed by atoms with E-state index in [2.05, 4.69) is 60.9 Å². The SMILES string of the molecule is COCOCOCOCOCOCOCCOCC[N+]1=C(/C=C/C=C/N(C(C)=O)c2ccccc2)C(C)(C)c2c1ccc1ccccc21. The largest absolute Gasteiger partial charge is 0.372 e. The van der Waals surface area contributed by atoms with E-state index in [0.29, 0.717) is 26.4 Å². The van der Waals surface area contributed by atoms with Crippen molar-refractivity contribution in [3.63, 3.8) is 0 Å². The number of para-hydroxylation sites is 1. The van der Waals surface area contributed by atoms with E-state index in [-0.39, 0.29) is 52.1 Å². The first-order chi connectivity index (χ1) is 23.4. The van der Waals surface area contributed by atoms with E-state index in [9.17, 15) is 4.79 Å². The van der Waals surface area contributed by atoms with Crippen molar-refractivity contribution in [3.05, 3.63) is 96.7 Å². The lowest BCUT2D eigenvalue weighted by molar-refractivity contribution is -0.442. The molecule has 1 heterocycles. The van der Waals surface area contributed by atoms with Gasteiger partial charge in [0.15, 0.2) is 39.4 Å². The normalized spacial score (nSPS) is 14.1. The number of allylic oxidation sites excluding steroid dienone is 3. The molecular formula is C37H47N2O9+. The van der Waals surface area contributed by atoms with Crippen molar-refractivity contribution >= 4 is 33.8 Å². The molecule has 1 amide bonds. The van der Waals surface area contributed by atoms with E-state index in [1.807, 2.05) is 42.5 Å². The molecule has 0 fully saturated rings. The summed E-state index contributed by atoms with van der Waals surface area (Å²) in [5.41, 5.74) is 4.16. The number of ether oxygens (including phenoxy) is 8. The number of hydrogen-bond acceptors (Lipinski definition) is 9. The van der Waals surface area contributed by atoms with Crippen molar-refractivity contribution in [3.8, 4) is 0 Å². The van der Waals surface area contributed by atoms with Crippen molar-refractivity contribution in [2.75, 3.05) is 79.1 Å². The fourth-order valence-electron chi connectivity index (χ4n) is 5.50. The van der Waals surface area contributed by atoms with Gasteiger partial charge in [-0.1, -0.05) is 48.5 Å². The van der Waals surface area contributed by atoms with Crippen LogP contribution in [0.5, 0.6) is 0 Å². The first-order valence-electron chi connectivity index (χ1n) is 15.8. The summed E-state index contributed by atoms with van der Waals surface area (Å²) >= 11 is 0. The van der Waals surface area contributed by atoms with Crippen molar-refractivity contribution in [2.45, 2.75) is 26.2 Å². The molecule has 3 aromatic carbocycles. The molecule has 3 aromatic rings. The predicted octanol–water partition coefficient (Wildman–Crippen LogP) is 5.85. The van der Waals surface area contributed by atoms with Crippen LogP contribution in [0.25, 0.3) is 10.8 Å². The smallest absolute Gasteiger partial charge is 0.227 e. The highest BCUT2D eigenvalue weighted by atomic mass is 16.8. The zero-order chi connectivity index (χ0) is 34.0. The van der Waals surface area contributed by atoms with Crippen LogP contribution in [0.3, 0.4) is 0 Å². The van der Waals surface area contributed by atoms with E-state index in [0.717, 1.165) is 11.4 Å². The third-order valence-electron chi connectivity index (χ3n) is 7.59. The second-order valence-electron chi connectivity index (χ2n) is 11.3. The van der Waals surface area contributed by atoms with Crippen LogP contribution in [0.15, 0.2) is 91.2 Å². The highest BCUT2D eigenvalue weighted by Gasteiger charge is 2.45. The highest BCUT2D eigenvalue weighted by Crippen LogP contribution is 2.44. The van der Waals surface area contributed by atoms with Gasteiger partial charge in [-0.15, -0.1) is 0 Å². The van der Waals surface area contributed by atoms with Crippen LogP contribution >= 0.6 is 0 Å². The first-order valence-corrected chi connectivity index (χ1v) is 15.8. The minimum absolute atomic E-state index is 0.0225. The van der Waals surface area contributed by atoms with Crippen LogP contribution in [0.1, 0.15) is 26.3 Å². The number of carbonyl (C=O) groups is 1. The van der Waals surface area contributed by atoms with Crippen molar-refractivity contribution in [1.29, 1.82) is 0 Å². The van der Waals surface area contributed by atoms with Gasteiger partial charge >= 0.3 is 0 Å². The van der Waals surface area contributed by atoms with Crippen LogP contribution in [0.2, 0.25) is 0 Å². The van der Waals surface area contributed by atoms with Gasteiger partial charge < -0.3 is 37.9 Å². The zero-order valence-corrected chi connectivity index (χ0v) is 28.3. The Balaban J connectivity index is 1.29. The maximum atomic E-state index is 12.3. The fraction of sp³-hybridized carbons (Fsp3) is 0.405. The minimum Gasteiger partial charge on any atom is -0.372 e. The molecule has 0 spiro atoms. The van der Waals surface area contributed by atoms with Crippen molar-refractivity contribution in [1.82, 2.24) is 0 Å². The summed E-state index contributed by atoms with van der Waals surface area (Å²) in [6, 6.07) is 22.5. The Morgan fingerprint density at radius 1 is 0.729 bits per heavy atom. The third-order valence-corrected chi connectivity index (χ3v) is 7.59. The molecule has 0 bridgehead atoms. The number of hydrogen-bond donors (Lipinski definition) is 0. The molecule has 0 N–H and O–H groups in total. The number of methoxy groups -OCH3 is 1. The minimum atomic E-state index is -0.265. The summed E-state index contributed by atoms with van der Waals surface area (Å²) in [5, 5.41) is 2.45. The second kappa shape index (κ2) is 19.9. The maximum absolute atomic E-state index is 12.3. The highest BCUT2D eigenvalue weighted by molar-refractivity contribution is 6.07. The monoisotopic (exact) mass is 663 g/mol. The Morgan fingerprint density at radius 2 is 1.35 bits per heavy atom. The molecule has 48 heavy (non-hydrogen) atoms. The van der Waals surface area contributed by atoms with E-state index in [4.69, 9.17) is 37.9 Å². The van der Waals surface area contributed by atoms with E-state index < -0.39 is 0 Å². The van der Waals surface area contributed by atoms with Crippen LogP contribution in [0.4, 0.5) is 11.4 Å². The molecule has 0 radical (unpaired) electrons. The number of benzene rings is 3. The van der Waals surface area contributed by atoms with Crippen molar-refractivity contribution in [2.24, 2.45) is 0 Å². The Bertz CT molecular complexity index is 1520. The van der Waals surface area contributed by atoms with Gasteiger partial charge in [0, 0.05) is 43.6 Å². The van der Waals surface area contributed by atoms with E-state index in [1.54, 1.807) is 18.0 Å². The van der Waals surface area contributed by atoms with Gasteiger partial charge in [-0.3, -0.25) is 9.69 Å². The van der Waals surface area contributed by atoms with Crippen LogP contribution < -0.4 is 4.90 Å². The average Bonchev–Trinajstić information content (AvgIpc) is 3.31. The average molecular weight is 664 g/mol. The van der Waals surface area contributed by atoms with E-state index >= 15 is 0 Å². The number of carbonyl (C=O) groups excluding carboxylic acids is 1. The number of anilines is 1. The predicted molar refractivity (Wildman–Crippen MR) is 183 cm³/mol. The molecule has 0 aliphatic carbocycles. The molecular weight excluding hydrogens is 616 g/mol. The van der Waals surface area contributed by atoms with E-state index in [1.165, 1.54) is 29.1 Å². The standard InChI is InChI=1S/C37H47N2O9/c1-30(40)38(32-13-6-5-7-14-32)19-11-10-16-35-37(2,3)36-33-15-9-8-12-31(33)17-18-34(36)39(35)20-21-42-22-23-43-25-45-27-47-29-48-28-46-26-44-24-41-4/h5-19H,20-29H2,1-4H3/q+1. The molecule has 0 atom stereocenters. The first kappa shape index (κ1) is 37.0. The van der Waals surface area contributed by atoms with Crippen LogP contribution in [-0.2, 0) is 48.1 Å². The summed E-state index contributed by atoms with van der Waals surface area (Å²) in [4.78, 5) is 14.0. The molecule has 0 aromatic heterocycles. The fourth-order valence-corrected chi connectivity index (χ4v) is 5.50. The molecule has 1 aliphatic heterocycles. The molecule has 11 heteroatoms. The van der Waals surface area contributed by atoms with Gasteiger partial charge in [-0.2, -0.15) is 4.58 Å². The van der Waals surface area contributed by atoms with Gasteiger partial charge in [0.05, 0.1) is 18.6 Å². The number of nitrogens with zero attached hydrogens (tertiary/aromatic N) is 2. The summed E-state index contributed by atoms with van der Waals surface area (Å²) in [7, 11) is 1.53. The lowest BCUT2D eigenvalue weighted by Gasteiger charge is -2.17. The van der Waals surface area contributed by atoms with Gasteiger partial charge in [-0.25, -0.2) is 0 Å². The molecule has 4 rings (SSSR count). The molecule has 11 nitrogen and oxygen atoms in total. The van der Waals surface area contributed by atoms with Gasteiger partial charge in [0.1, 0.15) is 20.2 Å². The number of amides is 1. The summed E-state index contributed by atoms with van der Waals surface area (Å²) in [5.74, 6) is -0.0572. The van der Waals surface area contributed by atoms with Gasteiger partial charge in [0.2, 0.25) is 11.6 Å². The van der Waals surface area contributed by atoms with Gasteiger partial charge in [0.25, 0.3) is 0 Å². The Hall–Kier alpha value is -3.78. The lowest BCUT2D eigenvalue weighted by atomic mass is 9.79. The Kier molecular flexibility index (Phi) is 15.4. The molecule has 258 valence electrons. The molecule has 0 unspecified atom stereocenters. The molecule has 0 saturated carbocycles. The Morgan fingerprint density at radius 3 is 2.04 bits per heavy atom. The van der Waals surface area contributed by atoms with Gasteiger partial charge in [-0.05, 0) is 48.9 Å². The maximum Gasteiger partial charge on any atom is 0.227 e. The zero-order valence-electron chi connectivity index (χ0n) is 28.3. The third kappa shape index (κ3) is 10.6. The number of fused-ring (bicyclic) bond motifs is 3. The quantitative estimate of drug-likeness (QED) is 0.0568. The second-order valence-corrected chi connectivity index (χ2v) is 11.3. The Labute approximate surface area is 282 Å². The van der Waals surface area contributed by atoms with Crippen LogP contribution in [0, 0.1) is 0 Å². The molecule has 1 aliphatic rings. The van der Waals surface area contributed by atoms with Crippen molar-refractivity contribution < 1.29 is 47.3 Å². The summed E-state index contributed by atoms with van der Waals surface area (Å²) in [6.45, 7) is 8.44. The summed E-state index contributed by atoms with van der Waals surface area (Å²) < 4.78 is 44.1. The number of rotatable bonds is 22.